The average molecular weight is 492 g/mol. The lowest BCUT2D eigenvalue weighted by Crippen LogP contribution is -2.38. The van der Waals surface area contributed by atoms with Crippen LogP contribution >= 0.6 is 0 Å². The molecule has 0 radical (unpaired) electrons. The Hall–Kier alpha value is -1.60. The van der Waals surface area contributed by atoms with Crippen molar-refractivity contribution in [1.29, 1.82) is 0 Å². The lowest BCUT2D eigenvalue weighted by Gasteiger charge is -2.21. The maximum Gasteiger partial charge on any atom is 0.511 e. The number of rotatable bonds is 17. The van der Waals surface area contributed by atoms with E-state index in [0.717, 1.165) is 12.8 Å². The van der Waals surface area contributed by atoms with Gasteiger partial charge in [-0.25, -0.2) is 17.9 Å². The summed E-state index contributed by atoms with van der Waals surface area (Å²) in [5.74, 6) is -0.290. The molecule has 0 aromatic carbocycles. The van der Waals surface area contributed by atoms with Gasteiger partial charge < -0.3 is 20.1 Å². The zero-order chi connectivity index (χ0) is 24.7. The van der Waals surface area contributed by atoms with Gasteiger partial charge in [-0.05, 0) is 46.0 Å². The third kappa shape index (κ3) is 13.7. The van der Waals surface area contributed by atoms with Gasteiger partial charge in [-0.2, -0.15) is 13.2 Å². The zero-order valence-corrected chi connectivity index (χ0v) is 19.8. The molecule has 0 aliphatic rings. The first-order chi connectivity index (χ1) is 14.8. The summed E-state index contributed by atoms with van der Waals surface area (Å²) >= 11 is 0. The molecule has 0 atom stereocenters. The number of unbranched alkanes of at least 4 members (excludes halogenated alkanes) is 2. The lowest BCUT2D eigenvalue weighted by atomic mass is 9.88. The molecule has 0 spiro atoms. The van der Waals surface area contributed by atoms with Gasteiger partial charge in [0.1, 0.15) is 6.61 Å². The fraction of sp³-hybridized carbons (Fsp3) is 0.895. The van der Waals surface area contributed by atoms with E-state index in [1.165, 1.54) is 4.72 Å². The molecular formula is C19H36F3N3O6S. The fourth-order valence-electron chi connectivity index (χ4n) is 2.57. The summed E-state index contributed by atoms with van der Waals surface area (Å²) in [6, 6.07) is -0.379. The molecule has 190 valence electrons. The number of sulfonamides is 1. The van der Waals surface area contributed by atoms with Crippen LogP contribution in [-0.2, 0) is 24.3 Å². The van der Waals surface area contributed by atoms with Gasteiger partial charge in [-0.3, -0.25) is 4.79 Å². The van der Waals surface area contributed by atoms with Gasteiger partial charge in [0.05, 0.1) is 12.0 Å². The summed E-state index contributed by atoms with van der Waals surface area (Å²) in [6.07, 6.45) is 3.54. The molecule has 3 N–H and O–H groups in total. The number of hydrogen-bond donors (Lipinski definition) is 3. The van der Waals surface area contributed by atoms with E-state index in [4.69, 9.17) is 9.47 Å². The molecule has 32 heavy (non-hydrogen) atoms. The van der Waals surface area contributed by atoms with Crippen molar-refractivity contribution in [3.05, 3.63) is 0 Å². The Kier molecular flexibility index (Phi) is 14.5. The van der Waals surface area contributed by atoms with Crippen LogP contribution in [0.5, 0.6) is 0 Å². The zero-order valence-electron chi connectivity index (χ0n) is 19.0. The molecule has 0 saturated carbocycles. The van der Waals surface area contributed by atoms with Crippen LogP contribution in [-0.4, -0.2) is 65.4 Å². The van der Waals surface area contributed by atoms with Crippen LogP contribution in [0.25, 0.3) is 0 Å². The Balaban J connectivity index is 3.56. The minimum absolute atomic E-state index is 0.0974. The molecule has 2 amide bonds. The maximum absolute atomic E-state index is 12.1. The maximum atomic E-state index is 12.1. The van der Waals surface area contributed by atoms with Crippen molar-refractivity contribution >= 4 is 22.0 Å². The standard InChI is InChI=1S/C19H36F3N3O6S/c1-4-9-18(2,3)16(26)31-15-12-24-17(27)23-10-8-14-30-13-7-5-6-11-25-32(28,29)19(20,21)22/h25H,4-15H2,1-3H3,(H2,23,24,27). The van der Waals surface area contributed by atoms with Crippen LogP contribution in [0.3, 0.4) is 0 Å². The monoisotopic (exact) mass is 491 g/mol. The van der Waals surface area contributed by atoms with Crippen molar-refractivity contribution in [2.75, 3.05) is 39.5 Å². The topological polar surface area (TPSA) is 123 Å². The van der Waals surface area contributed by atoms with Crippen LogP contribution in [0.4, 0.5) is 18.0 Å². The van der Waals surface area contributed by atoms with Crippen molar-refractivity contribution in [2.45, 2.75) is 64.8 Å². The predicted molar refractivity (Wildman–Crippen MR) is 113 cm³/mol. The molecule has 0 aromatic rings. The first-order valence-electron chi connectivity index (χ1n) is 10.7. The molecule has 0 fully saturated rings. The third-order valence-corrected chi connectivity index (χ3v) is 5.56. The molecular weight excluding hydrogens is 455 g/mol. The van der Waals surface area contributed by atoms with E-state index in [9.17, 15) is 31.2 Å². The van der Waals surface area contributed by atoms with E-state index in [1.54, 1.807) is 0 Å². The lowest BCUT2D eigenvalue weighted by molar-refractivity contribution is -0.154. The Morgan fingerprint density at radius 2 is 1.50 bits per heavy atom. The number of halogens is 3. The van der Waals surface area contributed by atoms with Crippen molar-refractivity contribution in [2.24, 2.45) is 5.41 Å². The fourth-order valence-corrected chi connectivity index (χ4v) is 3.14. The number of urea groups is 1. The molecule has 0 unspecified atom stereocenters. The summed E-state index contributed by atoms with van der Waals surface area (Å²) in [5, 5.41) is 5.22. The summed E-state index contributed by atoms with van der Waals surface area (Å²) in [7, 11) is -5.28. The van der Waals surface area contributed by atoms with Gasteiger partial charge in [-0.1, -0.05) is 13.3 Å². The average Bonchev–Trinajstić information content (AvgIpc) is 2.68. The van der Waals surface area contributed by atoms with Crippen LogP contribution in [0.1, 0.15) is 59.3 Å². The highest BCUT2D eigenvalue weighted by Gasteiger charge is 2.45. The smallest absolute Gasteiger partial charge is 0.463 e. The Morgan fingerprint density at radius 1 is 0.875 bits per heavy atom. The number of alkyl halides is 3. The second-order valence-corrected chi connectivity index (χ2v) is 9.58. The van der Waals surface area contributed by atoms with Crippen LogP contribution < -0.4 is 15.4 Å². The number of carbonyl (C=O) groups is 2. The van der Waals surface area contributed by atoms with E-state index in [0.29, 0.717) is 39.0 Å². The SMILES string of the molecule is CCCC(C)(C)C(=O)OCCNC(=O)NCCCOCCCCCNS(=O)(=O)C(F)(F)F. The summed E-state index contributed by atoms with van der Waals surface area (Å²) in [4.78, 5) is 23.5. The Bertz CT molecular complexity index is 657. The second kappa shape index (κ2) is 15.3. The van der Waals surface area contributed by atoms with Crippen molar-refractivity contribution in [3.8, 4) is 0 Å². The van der Waals surface area contributed by atoms with Gasteiger partial charge in [0, 0.05) is 26.3 Å². The van der Waals surface area contributed by atoms with E-state index in [-0.39, 0.29) is 38.1 Å². The highest BCUT2D eigenvalue weighted by atomic mass is 32.2. The minimum atomic E-state index is -5.29. The molecule has 0 heterocycles. The molecule has 0 saturated heterocycles. The predicted octanol–water partition coefficient (Wildman–Crippen LogP) is 2.67. The summed E-state index contributed by atoms with van der Waals surface area (Å²) < 4.78 is 69.9. The molecule has 0 rings (SSSR count). The van der Waals surface area contributed by atoms with E-state index < -0.39 is 20.9 Å². The number of esters is 1. The second-order valence-electron chi connectivity index (χ2n) is 7.82. The molecule has 0 aliphatic heterocycles. The third-order valence-electron chi connectivity index (χ3n) is 4.36. The number of hydrogen-bond acceptors (Lipinski definition) is 6. The molecule has 0 aliphatic carbocycles. The number of nitrogens with one attached hydrogen (secondary N) is 3. The number of carbonyl (C=O) groups excluding carboxylic acids is 2. The van der Waals surface area contributed by atoms with Crippen LogP contribution in [0.2, 0.25) is 0 Å². The molecule has 0 aromatic heterocycles. The highest BCUT2D eigenvalue weighted by Crippen LogP contribution is 2.23. The summed E-state index contributed by atoms with van der Waals surface area (Å²) in [5.41, 5.74) is -5.83. The first-order valence-corrected chi connectivity index (χ1v) is 12.1. The summed E-state index contributed by atoms with van der Waals surface area (Å²) in [6.45, 7) is 6.82. The van der Waals surface area contributed by atoms with Crippen LogP contribution in [0, 0.1) is 5.41 Å². The molecule has 13 heteroatoms. The van der Waals surface area contributed by atoms with Crippen LogP contribution in [0.15, 0.2) is 0 Å². The highest BCUT2D eigenvalue weighted by molar-refractivity contribution is 7.90. The van der Waals surface area contributed by atoms with Crippen molar-refractivity contribution in [3.63, 3.8) is 0 Å². The first kappa shape index (κ1) is 30.4. The van der Waals surface area contributed by atoms with Gasteiger partial charge >= 0.3 is 27.5 Å². The van der Waals surface area contributed by atoms with Crippen molar-refractivity contribution in [1.82, 2.24) is 15.4 Å². The normalized spacial score (nSPS) is 12.4. The van der Waals surface area contributed by atoms with Gasteiger partial charge in [0.2, 0.25) is 0 Å². The Labute approximate surface area is 188 Å². The van der Waals surface area contributed by atoms with Gasteiger partial charge in [0.15, 0.2) is 0 Å². The molecule has 9 nitrogen and oxygen atoms in total. The van der Waals surface area contributed by atoms with Crippen molar-refractivity contribution < 1.29 is 40.7 Å². The molecule has 0 bridgehead atoms. The van der Waals surface area contributed by atoms with E-state index in [2.05, 4.69) is 10.6 Å². The number of ether oxygens (including phenoxy) is 2. The quantitative estimate of drug-likeness (QED) is 0.212. The largest absolute Gasteiger partial charge is 0.511 e. The van der Waals surface area contributed by atoms with E-state index in [1.807, 2.05) is 20.8 Å². The van der Waals surface area contributed by atoms with Gasteiger partial charge in [0.25, 0.3) is 0 Å². The Morgan fingerprint density at radius 3 is 2.12 bits per heavy atom. The number of amides is 2. The minimum Gasteiger partial charge on any atom is -0.463 e. The van der Waals surface area contributed by atoms with Gasteiger partial charge in [-0.15, -0.1) is 0 Å². The van der Waals surface area contributed by atoms with E-state index >= 15 is 0 Å².